The quantitative estimate of drug-likeness (QED) is 0.899. The predicted octanol–water partition coefficient (Wildman–Crippen LogP) is 2.23. The van der Waals surface area contributed by atoms with Crippen molar-refractivity contribution in [2.75, 3.05) is 6.54 Å². The van der Waals surface area contributed by atoms with Crippen molar-refractivity contribution in [3.8, 4) is 0 Å². The summed E-state index contributed by atoms with van der Waals surface area (Å²) in [6.45, 7) is 0.173. The van der Waals surface area contributed by atoms with Crippen molar-refractivity contribution in [1.82, 2.24) is 5.32 Å². The minimum absolute atomic E-state index is 0.0181. The highest BCUT2D eigenvalue weighted by Gasteiger charge is 2.34. The lowest BCUT2D eigenvalue weighted by atomic mass is 9.80. The van der Waals surface area contributed by atoms with Gasteiger partial charge >= 0.3 is 0 Å². The third-order valence-electron chi connectivity index (χ3n) is 3.05. The van der Waals surface area contributed by atoms with E-state index in [2.05, 4.69) is 21.2 Å². The van der Waals surface area contributed by atoms with E-state index in [1.165, 1.54) is 12.1 Å². The first-order valence-electron chi connectivity index (χ1n) is 5.46. The molecule has 0 atom stereocenters. The van der Waals surface area contributed by atoms with E-state index in [1.54, 1.807) is 6.07 Å². The van der Waals surface area contributed by atoms with Crippen molar-refractivity contribution in [1.29, 1.82) is 0 Å². The summed E-state index contributed by atoms with van der Waals surface area (Å²) in [7, 11) is 0. The Bertz CT molecular complexity index is 426. The highest BCUT2D eigenvalue weighted by molar-refractivity contribution is 9.10. The van der Waals surface area contributed by atoms with Crippen molar-refractivity contribution in [3.63, 3.8) is 0 Å². The van der Waals surface area contributed by atoms with Crippen molar-refractivity contribution in [2.45, 2.75) is 24.9 Å². The Hall–Kier alpha value is -0.940. The fourth-order valence-electron chi connectivity index (χ4n) is 1.81. The molecule has 17 heavy (non-hydrogen) atoms. The van der Waals surface area contributed by atoms with Crippen LogP contribution in [0.25, 0.3) is 0 Å². The van der Waals surface area contributed by atoms with E-state index in [9.17, 15) is 14.3 Å². The van der Waals surface area contributed by atoms with Crippen molar-refractivity contribution in [2.24, 2.45) is 0 Å². The standard InChI is InChI=1S/C12H13BrFNO2/c13-8-3-1-4-9(14)10(8)11(16)15-7-12(17)5-2-6-12/h1,3-4,17H,2,5-7H2,(H,15,16). The summed E-state index contributed by atoms with van der Waals surface area (Å²) in [5.41, 5.74) is -0.816. The van der Waals surface area contributed by atoms with Gasteiger partial charge in [0.05, 0.1) is 11.2 Å². The van der Waals surface area contributed by atoms with Crippen molar-refractivity contribution in [3.05, 3.63) is 34.1 Å². The van der Waals surface area contributed by atoms with Crippen molar-refractivity contribution < 1.29 is 14.3 Å². The zero-order valence-electron chi connectivity index (χ0n) is 9.17. The zero-order valence-corrected chi connectivity index (χ0v) is 10.8. The molecule has 2 rings (SSSR count). The molecule has 1 fully saturated rings. The molecular formula is C12H13BrFNO2. The number of hydrogen-bond acceptors (Lipinski definition) is 2. The molecule has 0 heterocycles. The van der Waals surface area contributed by atoms with Crippen LogP contribution in [-0.4, -0.2) is 23.2 Å². The number of nitrogens with one attached hydrogen (secondary N) is 1. The van der Waals surface area contributed by atoms with Gasteiger partial charge in [-0.25, -0.2) is 4.39 Å². The summed E-state index contributed by atoms with van der Waals surface area (Å²) in [4.78, 5) is 11.8. The van der Waals surface area contributed by atoms with Gasteiger partial charge in [-0.2, -0.15) is 0 Å². The van der Waals surface area contributed by atoms with E-state index in [1.807, 2.05) is 0 Å². The molecular weight excluding hydrogens is 289 g/mol. The van der Waals surface area contributed by atoms with Crippen LogP contribution in [0.3, 0.4) is 0 Å². The molecule has 0 unspecified atom stereocenters. The fourth-order valence-corrected chi connectivity index (χ4v) is 2.33. The average Bonchev–Trinajstić information content (AvgIpc) is 2.23. The Kier molecular flexibility index (Phi) is 3.49. The van der Waals surface area contributed by atoms with E-state index in [4.69, 9.17) is 0 Å². The molecule has 0 bridgehead atoms. The largest absolute Gasteiger partial charge is 0.388 e. The molecule has 2 N–H and O–H groups in total. The number of aliphatic hydroxyl groups is 1. The first-order chi connectivity index (χ1) is 8.02. The molecule has 0 aliphatic heterocycles. The van der Waals surface area contributed by atoms with Crippen LogP contribution >= 0.6 is 15.9 Å². The van der Waals surface area contributed by atoms with Crippen LogP contribution in [0.4, 0.5) is 4.39 Å². The summed E-state index contributed by atoms with van der Waals surface area (Å²) in [6.07, 6.45) is 2.34. The number of carbonyl (C=O) groups is 1. The van der Waals surface area contributed by atoms with E-state index >= 15 is 0 Å². The first-order valence-corrected chi connectivity index (χ1v) is 6.26. The second-order valence-electron chi connectivity index (χ2n) is 4.36. The summed E-state index contributed by atoms with van der Waals surface area (Å²) in [5.74, 6) is -1.08. The third kappa shape index (κ3) is 2.66. The van der Waals surface area contributed by atoms with Gasteiger partial charge in [0.1, 0.15) is 5.82 Å². The van der Waals surface area contributed by atoms with Crippen LogP contribution < -0.4 is 5.32 Å². The monoisotopic (exact) mass is 301 g/mol. The molecule has 0 saturated heterocycles. The van der Waals surface area contributed by atoms with Gasteiger partial charge in [0.25, 0.3) is 5.91 Å². The molecule has 1 aliphatic carbocycles. The van der Waals surface area contributed by atoms with Crippen LogP contribution in [0.15, 0.2) is 22.7 Å². The maximum absolute atomic E-state index is 13.5. The van der Waals surface area contributed by atoms with E-state index in [-0.39, 0.29) is 12.1 Å². The minimum atomic E-state index is -0.798. The maximum atomic E-state index is 13.5. The van der Waals surface area contributed by atoms with Crippen molar-refractivity contribution >= 4 is 21.8 Å². The van der Waals surface area contributed by atoms with Crippen LogP contribution in [0.5, 0.6) is 0 Å². The SMILES string of the molecule is O=C(NCC1(O)CCC1)c1c(F)cccc1Br. The highest BCUT2D eigenvalue weighted by atomic mass is 79.9. The number of benzene rings is 1. The van der Waals surface area contributed by atoms with Gasteiger partial charge in [0.2, 0.25) is 0 Å². The Morgan fingerprint density at radius 2 is 2.24 bits per heavy atom. The van der Waals surface area contributed by atoms with Gasteiger partial charge < -0.3 is 10.4 Å². The number of amides is 1. The van der Waals surface area contributed by atoms with Gasteiger partial charge in [0, 0.05) is 11.0 Å². The molecule has 1 aromatic carbocycles. The molecule has 3 nitrogen and oxygen atoms in total. The van der Waals surface area contributed by atoms with Gasteiger partial charge in [0.15, 0.2) is 0 Å². The van der Waals surface area contributed by atoms with Gasteiger partial charge in [-0.1, -0.05) is 6.07 Å². The number of halogens is 2. The van der Waals surface area contributed by atoms with E-state index in [0.717, 1.165) is 6.42 Å². The van der Waals surface area contributed by atoms with Gasteiger partial charge in [-0.3, -0.25) is 4.79 Å². The topological polar surface area (TPSA) is 49.3 Å². The van der Waals surface area contributed by atoms with E-state index < -0.39 is 17.3 Å². The molecule has 0 radical (unpaired) electrons. The summed E-state index contributed by atoms with van der Waals surface area (Å²) in [6, 6.07) is 4.36. The highest BCUT2D eigenvalue weighted by Crippen LogP contribution is 2.30. The predicted molar refractivity (Wildman–Crippen MR) is 65.2 cm³/mol. The lowest BCUT2D eigenvalue weighted by Gasteiger charge is -2.36. The molecule has 0 spiro atoms. The smallest absolute Gasteiger partial charge is 0.255 e. The molecule has 5 heteroatoms. The lowest BCUT2D eigenvalue weighted by molar-refractivity contribution is -0.0300. The Morgan fingerprint density at radius 3 is 2.76 bits per heavy atom. The molecule has 92 valence electrons. The Morgan fingerprint density at radius 1 is 1.53 bits per heavy atom. The second kappa shape index (κ2) is 4.74. The number of carbonyl (C=O) groups excluding carboxylic acids is 1. The van der Waals surface area contributed by atoms with Gasteiger partial charge in [-0.05, 0) is 47.3 Å². The second-order valence-corrected chi connectivity index (χ2v) is 5.21. The minimum Gasteiger partial charge on any atom is -0.388 e. The molecule has 1 amide bonds. The average molecular weight is 302 g/mol. The summed E-state index contributed by atoms with van der Waals surface area (Å²) in [5, 5.41) is 12.4. The summed E-state index contributed by atoms with van der Waals surface area (Å²) >= 11 is 3.14. The molecule has 1 aromatic rings. The Labute approximate surface area is 107 Å². The van der Waals surface area contributed by atoms with Crippen LogP contribution in [0.2, 0.25) is 0 Å². The summed E-state index contributed by atoms with van der Waals surface area (Å²) < 4.78 is 13.9. The van der Waals surface area contributed by atoms with Gasteiger partial charge in [-0.15, -0.1) is 0 Å². The number of rotatable bonds is 3. The number of hydrogen-bond donors (Lipinski definition) is 2. The maximum Gasteiger partial charge on any atom is 0.255 e. The van der Waals surface area contributed by atoms with Crippen LogP contribution in [0, 0.1) is 5.82 Å². The Balaban J connectivity index is 2.04. The first kappa shape index (κ1) is 12.5. The molecule has 1 aliphatic rings. The molecule has 1 saturated carbocycles. The lowest BCUT2D eigenvalue weighted by Crippen LogP contribution is -2.47. The van der Waals surface area contributed by atoms with E-state index in [0.29, 0.717) is 17.3 Å². The third-order valence-corrected chi connectivity index (χ3v) is 3.71. The normalized spacial score (nSPS) is 17.4. The van der Waals surface area contributed by atoms with Crippen LogP contribution in [-0.2, 0) is 0 Å². The van der Waals surface area contributed by atoms with Crippen LogP contribution in [0.1, 0.15) is 29.6 Å². The molecule has 0 aromatic heterocycles. The zero-order chi connectivity index (χ0) is 12.5. The fraction of sp³-hybridized carbons (Fsp3) is 0.417.